The summed E-state index contributed by atoms with van der Waals surface area (Å²) in [5, 5.41) is 21.3. The van der Waals surface area contributed by atoms with Crippen LogP contribution >= 0.6 is 11.8 Å². The Morgan fingerprint density at radius 3 is 2.68 bits per heavy atom. The minimum atomic E-state index is -1.63. The Hall–Kier alpha value is -3.96. The fourth-order valence-electron chi connectivity index (χ4n) is 4.60. The summed E-state index contributed by atoms with van der Waals surface area (Å²) in [6.45, 7) is 1.93. The van der Waals surface area contributed by atoms with Gasteiger partial charge in [0.25, 0.3) is 0 Å². The van der Waals surface area contributed by atoms with Crippen LogP contribution in [-0.4, -0.2) is 62.5 Å². The van der Waals surface area contributed by atoms with Gasteiger partial charge in [0, 0.05) is 35.5 Å². The van der Waals surface area contributed by atoms with Gasteiger partial charge >= 0.3 is 5.97 Å². The SMILES string of the molecule is C[C@@H](SC1COC(C=CC=Cc2ccc(C#N)cc2F)OC1)[C@@](Cn1cncn1)(OC(=O)CCCO)c1ccc(F)cc1F. The molecule has 232 valence electrons. The van der Waals surface area contributed by atoms with E-state index in [1.54, 1.807) is 31.2 Å². The molecule has 4 rings (SSSR count). The van der Waals surface area contributed by atoms with Crippen LogP contribution in [0.2, 0.25) is 0 Å². The van der Waals surface area contributed by atoms with Crippen LogP contribution < -0.4 is 0 Å². The van der Waals surface area contributed by atoms with Crippen LogP contribution in [0, 0.1) is 28.8 Å². The van der Waals surface area contributed by atoms with Gasteiger partial charge in [-0.15, -0.1) is 11.8 Å². The summed E-state index contributed by atoms with van der Waals surface area (Å²) in [6.07, 6.45) is 8.59. The fraction of sp³-hybridized carbons (Fsp3) is 0.355. The highest BCUT2D eigenvalue weighted by Crippen LogP contribution is 2.42. The lowest BCUT2D eigenvalue weighted by Crippen LogP contribution is -2.47. The van der Waals surface area contributed by atoms with Crippen molar-refractivity contribution >= 4 is 23.8 Å². The van der Waals surface area contributed by atoms with Crippen LogP contribution in [0.1, 0.15) is 36.5 Å². The number of nitriles is 1. The summed E-state index contributed by atoms with van der Waals surface area (Å²) in [7, 11) is 0. The van der Waals surface area contributed by atoms with Gasteiger partial charge in [0.2, 0.25) is 0 Å². The van der Waals surface area contributed by atoms with Crippen molar-refractivity contribution in [2.24, 2.45) is 0 Å². The van der Waals surface area contributed by atoms with Crippen molar-refractivity contribution in [2.75, 3.05) is 19.8 Å². The Bertz CT molecular complexity index is 1510. The third kappa shape index (κ3) is 8.57. The molecule has 1 aromatic heterocycles. The van der Waals surface area contributed by atoms with Crippen LogP contribution in [-0.2, 0) is 31.2 Å². The van der Waals surface area contributed by atoms with Crippen LogP contribution in [0.15, 0.2) is 67.3 Å². The Morgan fingerprint density at radius 2 is 2.02 bits per heavy atom. The molecule has 44 heavy (non-hydrogen) atoms. The van der Waals surface area contributed by atoms with Crippen molar-refractivity contribution < 1.29 is 37.3 Å². The number of aromatic nitrogens is 3. The summed E-state index contributed by atoms with van der Waals surface area (Å²) >= 11 is 1.35. The van der Waals surface area contributed by atoms with Gasteiger partial charge in [-0.3, -0.25) is 4.79 Å². The number of esters is 1. The number of nitrogens with zero attached hydrogens (tertiary/aromatic N) is 4. The first kappa shape index (κ1) is 32.9. The van der Waals surface area contributed by atoms with Gasteiger partial charge in [0.15, 0.2) is 11.9 Å². The average molecular weight is 629 g/mol. The molecule has 0 radical (unpaired) electrons. The van der Waals surface area contributed by atoms with Crippen LogP contribution in [0.25, 0.3) is 6.08 Å². The first-order valence-electron chi connectivity index (χ1n) is 13.8. The third-order valence-corrected chi connectivity index (χ3v) is 8.26. The van der Waals surface area contributed by atoms with Gasteiger partial charge in [0.1, 0.15) is 30.1 Å². The monoisotopic (exact) mass is 628 g/mol. The van der Waals surface area contributed by atoms with E-state index >= 15 is 4.39 Å². The Kier molecular flexibility index (Phi) is 11.7. The summed E-state index contributed by atoms with van der Waals surface area (Å²) in [5.41, 5.74) is -1.10. The van der Waals surface area contributed by atoms with Gasteiger partial charge in [-0.05, 0) is 43.7 Å². The smallest absolute Gasteiger partial charge is 0.306 e. The number of allylic oxidation sites excluding steroid dienone is 2. The van der Waals surface area contributed by atoms with Crippen molar-refractivity contribution in [3.63, 3.8) is 0 Å². The van der Waals surface area contributed by atoms with E-state index in [0.717, 1.165) is 18.2 Å². The van der Waals surface area contributed by atoms with Gasteiger partial charge < -0.3 is 19.3 Å². The number of carbonyl (C=O) groups excluding carboxylic acids is 1. The Balaban J connectivity index is 1.47. The number of hydrogen-bond donors (Lipinski definition) is 1. The predicted molar refractivity (Wildman–Crippen MR) is 156 cm³/mol. The molecular weight excluding hydrogens is 597 g/mol. The minimum Gasteiger partial charge on any atom is -0.451 e. The molecule has 1 saturated heterocycles. The molecule has 0 saturated carbocycles. The number of carbonyl (C=O) groups is 1. The molecule has 0 bridgehead atoms. The lowest BCUT2D eigenvalue weighted by molar-refractivity contribution is -0.164. The van der Waals surface area contributed by atoms with Crippen LogP contribution in [0.4, 0.5) is 13.2 Å². The molecule has 1 N–H and O–H groups in total. The van der Waals surface area contributed by atoms with Gasteiger partial charge in [0.05, 0.1) is 36.6 Å². The summed E-state index contributed by atoms with van der Waals surface area (Å²) in [6, 6.07) is 9.18. The first-order chi connectivity index (χ1) is 21.2. The molecule has 1 aliphatic rings. The van der Waals surface area contributed by atoms with E-state index in [1.807, 2.05) is 6.07 Å². The number of aliphatic hydroxyl groups excluding tert-OH is 1. The number of hydrogen-bond acceptors (Lipinski definition) is 9. The fourth-order valence-corrected chi connectivity index (χ4v) is 5.96. The highest BCUT2D eigenvalue weighted by molar-refractivity contribution is 8.00. The molecule has 13 heteroatoms. The standard InChI is InChI=1S/C31H31F3N4O5S/c1-21(44-25-16-41-30(42-17-25)7-3-2-5-23-9-8-22(15-35)13-27(23)33)31(18-38-20-36-19-37-38,43-29(40)6-4-12-39)26-11-10-24(32)14-28(26)34/h2-3,5,7-11,13-14,19-21,25,30,39H,4,6,12,16-18H2,1H3/t21-,25?,30?,31-/m1/s1. The average Bonchev–Trinajstić information content (AvgIpc) is 3.52. The van der Waals surface area contributed by atoms with Crippen molar-refractivity contribution in [1.29, 1.82) is 5.26 Å². The van der Waals surface area contributed by atoms with Gasteiger partial charge in [-0.2, -0.15) is 10.4 Å². The third-order valence-electron chi connectivity index (χ3n) is 6.82. The zero-order valence-corrected chi connectivity index (χ0v) is 24.6. The number of rotatable bonds is 13. The second-order valence-corrected chi connectivity index (χ2v) is 11.6. The molecule has 0 spiro atoms. The van der Waals surface area contributed by atoms with Crippen molar-refractivity contribution in [3.05, 3.63) is 101 Å². The summed E-state index contributed by atoms with van der Waals surface area (Å²) in [4.78, 5) is 16.9. The molecule has 2 heterocycles. The molecule has 2 atom stereocenters. The van der Waals surface area contributed by atoms with E-state index in [9.17, 15) is 18.7 Å². The minimum absolute atomic E-state index is 0.0318. The van der Waals surface area contributed by atoms with Crippen molar-refractivity contribution in [3.8, 4) is 6.07 Å². The van der Waals surface area contributed by atoms with E-state index < -0.39 is 40.6 Å². The molecule has 0 unspecified atom stereocenters. The van der Waals surface area contributed by atoms with E-state index in [2.05, 4.69) is 10.1 Å². The van der Waals surface area contributed by atoms with Crippen molar-refractivity contribution in [1.82, 2.24) is 14.8 Å². The molecule has 0 amide bonds. The highest BCUT2D eigenvalue weighted by Gasteiger charge is 2.46. The highest BCUT2D eigenvalue weighted by atomic mass is 32.2. The normalized spacial score (nSPS) is 19.1. The molecule has 1 fully saturated rings. The summed E-state index contributed by atoms with van der Waals surface area (Å²) < 4.78 is 62.4. The van der Waals surface area contributed by atoms with E-state index in [-0.39, 0.29) is 55.6 Å². The molecular formula is C31H31F3N4O5S. The second kappa shape index (κ2) is 15.7. The van der Waals surface area contributed by atoms with E-state index in [0.29, 0.717) is 5.56 Å². The molecule has 1 aliphatic heterocycles. The molecule has 3 aromatic rings. The Labute approximate surface area is 257 Å². The van der Waals surface area contributed by atoms with Gasteiger partial charge in [-0.1, -0.05) is 24.3 Å². The maximum absolute atomic E-state index is 15.4. The molecule has 0 aliphatic carbocycles. The zero-order valence-electron chi connectivity index (χ0n) is 23.8. The second-order valence-electron chi connectivity index (χ2n) is 9.94. The number of aliphatic hydroxyl groups is 1. The lowest BCUT2D eigenvalue weighted by atomic mass is 9.89. The van der Waals surface area contributed by atoms with E-state index in [1.165, 1.54) is 47.3 Å². The van der Waals surface area contributed by atoms with Crippen LogP contribution in [0.5, 0.6) is 0 Å². The number of halogens is 3. The van der Waals surface area contributed by atoms with Crippen molar-refractivity contribution in [2.45, 2.75) is 48.7 Å². The Morgan fingerprint density at radius 1 is 1.23 bits per heavy atom. The number of benzene rings is 2. The zero-order chi connectivity index (χ0) is 31.5. The number of ether oxygens (including phenoxy) is 3. The van der Waals surface area contributed by atoms with E-state index in [4.69, 9.17) is 19.5 Å². The molecule has 9 nitrogen and oxygen atoms in total. The predicted octanol–water partition coefficient (Wildman–Crippen LogP) is 4.91. The maximum atomic E-state index is 15.4. The maximum Gasteiger partial charge on any atom is 0.306 e. The first-order valence-corrected chi connectivity index (χ1v) is 14.7. The van der Waals surface area contributed by atoms with Crippen LogP contribution in [0.3, 0.4) is 0 Å². The quantitative estimate of drug-likeness (QED) is 0.208. The summed E-state index contributed by atoms with van der Waals surface area (Å²) in [5.74, 6) is -2.83. The molecule has 2 aromatic carbocycles. The topological polar surface area (TPSA) is 119 Å². The largest absolute Gasteiger partial charge is 0.451 e. The number of thioether (sulfide) groups is 1. The lowest BCUT2D eigenvalue weighted by Gasteiger charge is -2.40. The van der Waals surface area contributed by atoms with Gasteiger partial charge in [-0.25, -0.2) is 22.8 Å².